The van der Waals surface area contributed by atoms with Gasteiger partial charge in [-0.1, -0.05) is 18.2 Å². The molecule has 0 spiro atoms. The molecule has 28 heavy (non-hydrogen) atoms. The Morgan fingerprint density at radius 1 is 1.11 bits per heavy atom. The van der Waals surface area contributed by atoms with Gasteiger partial charge in [-0.3, -0.25) is 9.69 Å². The number of halogens is 2. The summed E-state index contributed by atoms with van der Waals surface area (Å²) in [6.45, 7) is 3.48. The lowest BCUT2D eigenvalue weighted by Gasteiger charge is -2.28. The minimum Gasteiger partial charge on any atom is -0.393 e. The summed E-state index contributed by atoms with van der Waals surface area (Å²) >= 11 is 0. The zero-order chi connectivity index (χ0) is 19.8. The van der Waals surface area contributed by atoms with Crippen LogP contribution in [0.15, 0.2) is 42.5 Å². The molecule has 0 atom stereocenters. The molecule has 0 bridgehead atoms. The van der Waals surface area contributed by atoms with E-state index in [0.717, 1.165) is 23.0 Å². The van der Waals surface area contributed by atoms with Crippen molar-refractivity contribution >= 4 is 16.7 Å². The molecule has 2 aromatic carbocycles. The van der Waals surface area contributed by atoms with Crippen molar-refractivity contribution in [3.63, 3.8) is 0 Å². The molecular weight excluding hydrogens is 362 g/mol. The Kier molecular flexibility index (Phi) is 5.00. The van der Waals surface area contributed by atoms with Gasteiger partial charge in [-0.2, -0.15) is 0 Å². The van der Waals surface area contributed by atoms with Gasteiger partial charge in [0.05, 0.1) is 18.2 Å². The summed E-state index contributed by atoms with van der Waals surface area (Å²) in [5.74, 6) is -1.83. The lowest BCUT2D eigenvalue weighted by Crippen LogP contribution is -2.39. The van der Waals surface area contributed by atoms with Crippen molar-refractivity contribution in [3.8, 4) is 5.69 Å². The molecule has 1 aliphatic rings. The van der Waals surface area contributed by atoms with Crippen LogP contribution < -0.4 is 0 Å². The fourth-order valence-corrected chi connectivity index (χ4v) is 4.04. The second-order valence-corrected chi connectivity index (χ2v) is 7.34. The average molecular weight is 384 g/mol. The number of carbonyl (C=O) groups is 1. The lowest BCUT2D eigenvalue weighted by atomic mass is 10.0. The quantitative estimate of drug-likeness (QED) is 0.695. The van der Waals surface area contributed by atoms with Crippen molar-refractivity contribution < 1.29 is 18.7 Å². The molecule has 1 fully saturated rings. The van der Waals surface area contributed by atoms with Crippen molar-refractivity contribution in [2.24, 2.45) is 0 Å². The third kappa shape index (κ3) is 3.34. The van der Waals surface area contributed by atoms with Gasteiger partial charge >= 0.3 is 0 Å². The van der Waals surface area contributed by atoms with Gasteiger partial charge in [0.1, 0.15) is 0 Å². The van der Waals surface area contributed by atoms with Crippen LogP contribution in [0.3, 0.4) is 0 Å². The molecule has 0 unspecified atom stereocenters. The largest absolute Gasteiger partial charge is 0.393 e. The summed E-state index contributed by atoms with van der Waals surface area (Å²) in [5, 5.41) is 10.5. The minimum absolute atomic E-state index is 0.00794. The molecular formula is C22H22F2N2O2. The molecule has 1 N–H and O–H groups in total. The second kappa shape index (κ2) is 7.45. The summed E-state index contributed by atoms with van der Waals surface area (Å²) in [5.41, 5.74) is 2.57. The van der Waals surface area contributed by atoms with Crippen LogP contribution in [0.5, 0.6) is 0 Å². The van der Waals surface area contributed by atoms with E-state index < -0.39 is 11.6 Å². The highest BCUT2D eigenvalue weighted by Crippen LogP contribution is 2.30. The van der Waals surface area contributed by atoms with Crippen molar-refractivity contribution in [3.05, 3.63) is 65.4 Å². The molecule has 146 valence electrons. The van der Waals surface area contributed by atoms with Gasteiger partial charge < -0.3 is 9.67 Å². The van der Waals surface area contributed by atoms with Crippen LogP contribution in [0.4, 0.5) is 8.78 Å². The number of rotatable bonds is 4. The van der Waals surface area contributed by atoms with Gasteiger partial charge in [-0.25, -0.2) is 8.78 Å². The van der Waals surface area contributed by atoms with Gasteiger partial charge in [-0.05, 0) is 38.0 Å². The maximum atomic E-state index is 13.8. The first-order chi connectivity index (χ1) is 13.5. The predicted octanol–water partition coefficient (Wildman–Crippen LogP) is 3.86. The number of aliphatic hydroxyl groups excluding tert-OH is 1. The number of carbonyl (C=O) groups excluding carboxylic acids is 1. The summed E-state index contributed by atoms with van der Waals surface area (Å²) in [7, 11) is 0. The predicted molar refractivity (Wildman–Crippen MR) is 104 cm³/mol. The topological polar surface area (TPSA) is 45.5 Å². The molecule has 0 aliphatic carbocycles. The maximum Gasteiger partial charge on any atom is 0.179 e. The van der Waals surface area contributed by atoms with Crippen molar-refractivity contribution in [2.75, 3.05) is 19.6 Å². The fourth-order valence-electron chi connectivity index (χ4n) is 4.04. The van der Waals surface area contributed by atoms with Crippen LogP contribution in [0.2, 0.25) is 0 Å². The standard InChI is InChI=1S/C22H22F2N2O2/c1-14-22(21(28)13-25-10-8-16(27)9-11-25)17-4-2-3-5-20(17)26(14)15-6-7-18(23)19(24)12-15/h2-7,12,16,27H,8-11,13H2,1H3. The van der Waals surface area contributed by atoms with Crippen LogP contribution in [0.1, 0.15) is 28.9 Å². The summed E-state index contributed by atoms with van der Waals surface area (Å²) in [4.78, 5) is 15.2. The number of hydrogen-bond acceptors (Lipinski definition) is 3. The Morgan fingerprint density at radius 2 is 1.82 bits per heavy atom. The van der Waals surface area contributed by atoms with E-state index in [0.29, 0.717) is 42.9 Å². The molecule has 1 saturated heterocycles. The molecule has 4 rings (SSSR count). The van der Waals surface area contributed by atoms with E-state index in [1.165, 1.54) is 6.07 Å². The number of para-hydroxylation sites is 1. The van der Waals surface area contributed by atoms with Crippen molar-refractivity contribution in [1.82, 2.24) is 9.47 Å². The van der Waals surface area contributed by atoms with Crippen molar-refractivity contribution in [1.29, 1.82) is 0 Å². The van der Waals surface area contributed by atoms with E-state index in [2.05, 4.69) is 4.90 Å². The van der Waals surface area contributed by atoms with Gasteiger partial charge in [-0.15, -0.1) is 0 Å². The minimum atomic E-state index is -0.922. The van der Waals surface area contributed by atoms with E-state index in [1.54, 1.807) is 4.57 Å². The Hall–Kier alpha value is -2.57. The van der Waals surface area contributed by atoms with Crippen molar-refractivity contribution in [2.45, 2.75) is 25.9 Å². The molecule has 1 aliphatic heterocycles. The summed E-state index contributed by atoms with van der Waals surface area (Å²) in [6, 6.07) is 11.2. The number of benzene rings is 2. The van der Waals surface area contributed by atoms with Gasteiger partial charge in [0.2, 0.25) is 0 Å². The Morgan fingerprint density at radius 3 is 2.54 bits per heavy atom. The highest BCUT2D eigenvalue weighted by Gasteiger charge is 2.24. The highest BCUT2D eigenvalue weighted by atomic mass is 19.2. The number of piperidine rings is 1. The maximum absolute atomic E-state index is 13.8. The first kappa shape index (κ1) is 18.8. The molecule has 3 aromatic rings. The number of likely N-dealkylation sites (tertiary alicyclic amines) is 1. The summed E-state index contributed by atoms with van der Waals surface area (Å²) < 4.78 is 29.0. The Bertz CT molecular complexity index is 1040. The normalized spacial score (nSPS) is 16.0. The van der Waals surface area contributed by atoms with Gasteiger partial charge in [0.15, 0.2) is 17.4 Å². The zero-order valence-electron chi connectivity index (χ0n) is 15.7. The van der Waals surface area contributed by atoms with E-state index in [4.69, 9.17) is 0 Å². The highest BCUT2D eigenvalue weighted by molar-refractivity contribution is 6.10. The molecule has 6 heteroatoms. The Labute approximate surface area is 162 Å². The molecule has 0 saturated carbocycles. The number of Topliss-reactive ketones (excluding diaryl/α,β-unsaturated/α-hetero) is 1. The molecule has 4 nitrogen and oxygen atoms in total. The molecule has 0 amide bonds. The van der Waals surface area contributed by atoms with Gasteiger partial charge in [0.25, 0.3) is 0 Å². The number of aliphatic hydroxyl groups is 1. The van der Waals surface area contributed by atoms with E-state index >= 15 is 0 Å². The number of hydrogen-bond donors (Lipinski definition) is 1. The first-order valence-electron chi connectivity index (χ1n) is 9.45. The van der Waals surface area contributed by atoms with E-state index in [-0.39, 0.29) is 18.4 Å². The molecule has 2 heterocycles. The number of aromatic nitrogens is 1. The smallest absolute Gasteiger partial charge is 0.179 e. The SMILES string of the molecule is Cc1c(C(=O)CN2CCC(O)CC2)c2ccccc2n1-c1ccc(F)c(F)c1. The lowest BCUT2D eigenvalue weighted by molar-refractivity contribution is 0.0711. The first-order valence-corrected chi connectivity index (χ1v) is 9.45. The second-order valence-electron chi connectivity index (χ2n) is 7.34. The molecule has 0 radical (unpaired) electrons. The molecule has 1 aromatic heterocycles. The van der Waals surface area contributed by atoms with Crippen LogP contribution >= 0.6 is 0 Å². The van der Waals surface area contributed by atoms with Crippen LogP contribution in [-0.4, -0.2) is 46.1 Å². The zero-order valence-corrected chi connectivity index (χ0v) is 15.7. The number of ketones is 1. The fraction of sp³-hybridized carbons (Fsp3) is 0.318. The monoisotopic (exact) mass is 384 g/mol. The van der Waals surface area contributed by atoms with Crippen LogP contribution in [-0.2, 0) is 0 Å². The van der Waals surface area contributed by atoms with Crippen LogP contribution in [0, 0.1) is 18.6 Å². The van der Waals surface area contributed by atoms with Gasteiger partial charge in [0, 0.05) is 41.5 Å². The van der Waals surface area contributed by atoms with E-state index in [1.807, 2.05) is 31.2 Å². The average Bonchev–Trinajstić information content (AvgIpc) is 2.98. The van der Waals surface area contributed by atoms with Crippen LogP contribution in [0.25, 0.3) is 16.6 Å². The Balaban J connectivity index is 1.76. The number of nitrogens with zero attached hydrogens (tertiary/aromatic N) is 2. The number of fused-ring (bicyclic) bond motifs is 1. The summed E-state index contributed by atoms with van der Waals surface area (Å²) in [6.07, 6.45) is 1.05. The third-order valence-corrected chi connectivity index (χ3v) is 5.48. The van der Waals surface area contributed by atoms with E-state index in [9.17, 15) is 18.7 Å². The third-order valence-electron chi connectivity index (χ3n) is 5.48.